The lowest BCUT2D eigenvalue weighted by atomic mass is 10.0. The number of hydrogen-bond donors (Lipinski definition) is 2. The van der Waals surface area contributed by atoms with Crippen LogP contribution >= 0.6 is 0 Å². The van der Waals surface area contributed by atoms with E-state index in [0.29, 0.717) is 13.0 Å². The van der Waals surface area contributed by atoms with Gasteiger partial charge in [-0.1, -0.05) is 6.92 Å². The summed E-state index contributed by atoms with van der Waals surface area (Å²) in [4.78, 5) is 26.0. The molecule has 0 spiro atoms. The molecule has 1 saturated carbocycles. The average molecular weight is 268 g/mol. The first-order valence-corrected chi connectivity index (χ1v) is 7.25. The highest BCUT2D eigenvalue weighted by molar-refractivity contribution is 5.90. The van der Waals surface area contributed by atoms with E-state index in [2.05, 4.69) is 5.32 Å². The second-order valence-corrected chi connectivity index (χ2v) is 6.03. The van der Waals surface area contributed by atoms with E-state index in [9.17, 15) is 14.7 Å². The normalized spacial score (nSPS) is 26.1. The van der Waals surface area contributed by atoms with Crippen LogP contribution in [0.1, 0.15) is 46.0 Å². The molecule has 1 saturated heterocycles. The van der Waals surface area contributed by atoms with Gasteiger partial charge < -0.3 is 15.3 Å². The molecule has 5 heteroatoms. The van der Waals surface area contributed by atoms with Gasteiger partial charge in [-0.25, -0.2) is 0 Å². The largest absolute Gasteiger partial charge is 0.388 e. The van der Waals surface area contributed by atoms with Gasteiger partial charge in [0.25, 0.3) is 0 Å². The molecule has 2 fully saturated rings. The smallest absolute Gasteiger partial charge is 0.242 e. The van der Waals surface area contributed by atoms with E-state index in [1.165, 1.54) is 0 Å². The molecule has 1 heterocycles. The molecule has 1 aliphatic heterocycles. The maximum atomic E-state index is 12.1. The Balaban J connectivity index is 1.88. The number of carbonyl (C=O) groups excluding carboxylic acids is 2. The van der Waals surface area contributed by atoms with Crippen molar-refractivity contribution in [3.05, 3.63) is 0 Å². The maximum absolute atomic E-state index is 12.1. The highest BCUT2D eigenvalue weighted by Gasteiger charge is 2.40. The molecule has 5 nitrogen and oxygen atoms in total. The van der Waals surface area contributed by atoms with Crippen LogP contribution in [0.15, 0.2) is 0 Å². The van der Waals surface area contributed by atoms with E-state index in [0.717, 1.165) is 25.7 Å². The lowest BCUT2D eigenvalue weighted by Gasteiger charge is -2.26. The summed E-state index contributed by atoms with van der Waals surface area (Å²) in [5.74, 6) is 0.173. The summed E-state index contributed by atoms with van der Waals surface area (Å²) >= 11 is 0. The Bertz CT molecular complexity index is 364. The number of carbonyl (C=O) groups is 2. The summed E-state index contributed by atoms with van der Waals surface area (Å²) in [7, 11) is 0. The fourth-order valence-electron chi connectivity index (χ4n) is 2.39. The number of amides is 2. The van der Waals surface area contributed by atoms with Crippen molar-refractivity contribution in [2.75, 3.05) is 13.1 Å². The second-order valence-electron chi connectivity index (χ2n) is 6.03. The third-order valence-corrected chi connectivity index (χ3v) is 4.17. The van der Waals surface area contributed by atoms with Crippen LogP contribution in [0.5, 0.6) is 0 Å². The molecule has 2 rings (SSSR count). The molecule has 0 aromatic carbocycles. The molecule has 0 bridgehead atoms. The summed E-state index contributed by atoms with van der Waals surface area (Å²) in [6.07, 6.45) is 4.14. The minimum absolute atomic E-state index is 0.125. The van der Waals surface area contributed by atoms with Crippen LogP contribution in [-0.4, -0.2) is 46.6 Å². The molecule has 2 unspecified atom stereocenters. The van der Waals surface area contributed by atoms with Gasteiger partial charge in [-0.3, -0.25) is 9.59 Å². The average Bonchev–Trinajstić information content (AvgIpc) is 3.12. The zero-order valence-electron chi connectivity index (χ0n) is 11.8. The summed E-state index contributed by atoms with van der Waals surface area (Å²) < 4.78 is 0. The summed E-state index contributed by atoms with van der Waals surface area (Å²) in [6.45, 7) is 4.52. The third-order valence-electron chi connectivity index (χ3n) is 4.17. The Kier molecular flexibility index (Phi) is 4.13. The fourth-order valence-corrected chi connectivity index (χ4v) is 2.39. The Labute approximate surface area is 114 Å². The Hall–Kier alpha value is -1.10. The fraction of sp³-hybridized carbons (Fsp3) is 0.857. The van der Waals surface area contributed by atoms with Gasteiger partial charge in [0.2, 0.25) is 11.8 Å². The molecule has 0 aromatic heterocycles. The number of rotatable bonds is 5. The second kappa shape index (κ2) is 5.49. The minimum atomic E-state index is -0.875. The van der Waals surface area contributed by atoms with Crippen molar-refractivity contribution < 1.29 is 14.7 Å². The van der Waals surface area contributed by atoms with Gasteiger partial charge in [0, 0.05) is 19.0 Å². The maximum Gasteiger partial charge on any atom is 0.242 e. The zero-order chi connectivity index (χ0) is 14.0. The monoisotopic (exact) mass is 268 g/mol. The summed E-state index contributed by atoms with van der Waals surface area (Å²) in [5, 5.41) is 12.7. The lowest BCUT2D eigenvalue weighted by molar-refractivity contribution is -0.139. The standard InChI is InChI=1S/C14H24N2O3/c1-3-14(2,19)9-15-12(17)11-5-4-8-16(11)13(18)10-6-7-10/h10-11,19H,3-9H2,1-2H3,(H,15,17). The molecular formula is C14H24N2O3. The third kappa shape index (κ3) is 3.47. The summed E-state index contributed by atoms with van der Waals surface area (Å²) in [5.41, 5.74) is -0.875. The minimum Gasteiger partial charge on any atom is -0.388 e. The van der Waals surface area contributed by atoms with Crippen LogP contribution in [-0.2, 0) is 9.59 Å². The molecule has 2 N–H and O–H groups in total. The van der Waals surface area contributed by atoms with Crippen LogP contribution in [0.3, 0.4) is 0 Å². The Morgan fingerprint density at radius 2 is 2.05 bits per heavy atom. The number of hydrogen-bond acceptors (Lipinski definition) is 3. The molecule has 1 aliphatic carbocycles. The zero-order valence-corrected chi connectivity index (χ0v) is 11.8. The van der Waals surface area contributed by atoms with Crippen LogP contribution < -0.4 is 5.32 Å². The van der Waals surface area contributed by atoms with Crippen molar-refractivity contribution in [1.82, 2.24) is 10.2 Å². The molecule has 19 heavy (non-hydrogen) atoms. The molecule has 2 aliphatic rings. The van der Waals surface area contributed by atoms with Gasteiger partial charge in [0.1, 0.15) is 6.04 Å². The SMILES string of the molecule is CCC(C)(O)CNC(=O)C1CCCN1C(=O)C1CC1. The van der Waals surface area contributed by atoms with Crippen molar-refractivity contribution in [3.8, 4) is 0 Å². The number of aliphatic hydroxyl groups is 1. The highest BCUT2D eigenvalue weighted by Crippen LogP contribution is 2.33. The van der Waals surface area contributed by atoms with Crippen molar-refractivity contribution in [2.45, 2.75) is 57.6 Å². The van der Waals surface area contributed by atoms with E-state index >= 15 is 0 Å². The predicted octanol–water partition coefficient (Wildman–Crippen LogP) is 0.665. The Morgan fingerprint density at radius 1 is 1.37 bits per heavy atom. The topological polar surface area (TPSA) is 69.6 Å². The first kappa shape index (κ1) is 14.3. The van der Waals surface area contributed by atoms with E-state index in [1.54, 1.807) is 11.8 Å². The van der Waals surface area contributed by atoms with Crippen molar-refractivity contribution in [2.24, 2.45) is 5.92 Å². The first-order valence-electron chi connectivity index (χ1n) is 7.25. The van der Waals surface area contributed by atoms with E-state index in [1.807, 2.05) is 6.92 Å². The quantitative estimate of drug-likeness (QED) is 0.770. The van der Waals surface area contributed by atoms with Gasteiger partial charge >= 0.3 is 0 Å². The number of nitrogens with zero attached hydrogens (tertiary/aromatic N) is 1. The van der Waals surface area contributed by atoms with Gasteiger partial charge in [-0.05, 0) is 39.0 Å². The van der Waals surface area contributed by atoms with Crippen molar-refractivity contribution in [1.29, 1.82) is 0 Å². The molecule has 0 aromatic rings. The van der Waals surface area contributed by atoms with Crippen molar-refractivity contribution in [3.63, 3.8) is 0 Å². The van der Waals surface area contributed by atoms with Crippen LogP contribution in [0.4, 0.5) is 0 Å². The van der Waals surface area contributed by atoms with Crippen molar-refractivity contribution >= 4 is 11.8 Å². The highest BCUT2D eigenvalue weighted by atomic mass is 16.3. The predicted molar refractivity (Wildman–Crippen MR) is 71.4 cm³/mol. The van der Waals surface area contributed by atoms with E-state index in [4.69, 9.17) is 0 Å². The molecule has 108 valence electrons. The molecule has 2 amide bonds. The van der Waals surface area contributed by atoms with Crippen LogP contribution in [0.25, 0.3) is 0 Å². The number of nitrogens with one attached hydrogen (secondary N) is 1. The van der Waals surface area contributed by atoms with Gasteiger partial charge in [-0.15, -0.1) is 0 Å². The van der Waals surface area contributed by atoms with Gasteiger partial charge in [0.15, 0.2) is 0 Å². The number of likely N-dealkylation sites (tertiary alicyclic amines) is 1. The Morgan fingerprint density at radius 3 is 2.63 bits per heavy atom. The van der Waals surface area contributed by atoms with Gasteiger partial charge in [-0.2, -0.15) is 0 Å². The molecule has 0 radical (unpaired) electrons. The molecule has 2 atom stereocenters. The first-order chi connectivity index (χ1) is 8.94. The van der Waals surface area contributed by atoms with Crippen LogP contribution in [0, 0.1) is 5.92 Å². The molecular weight excluding hydrogens is 244 g/mol. The van der Waals surface area contributed by atoms with Gasteiger partial charge in [0.05, 0.1) is 5.60 Å². The van der Waals surface area contributed by atoms with E-state index in [-0.39, 0.29) is 30.3 Å². The van der Waals surface area contributed by atoms with Crippen LogP contribution in [0.2, 0.25) is 0 Å². The van der Waals surface area contributed by atoms with E-state index < -0.39 is 5.60 Å². The lowest BCUT2D eigenvalue weighted by Crippen LogP contribution is -2.49. The summed E-state index contributed by atoms with van der Waals surface area (Å²) in [6, 6.07) is -0.333.